The molecule has 0 saturated heterocycles. The van der Waals surface area contributed by atoms with Gasteiger partial charge in [0.25, 0.3) is 5.69 Å². The Hall–Kier alpha value is -2.64. The van der Waals surface area contributed by atoms with E-state index in [1.165, 1.54) is 32.0 Å². The number of nitro groups is 1. The van der Waals surface area contributed by atoms with Crippen LogP contribution in [0.4, 0.5) is 10.5 Å². The molecular formula is C12H15N3O5. The summed E-state index contributed by atoms with van der Waals surface area (Å²) < 4.78 is 0. The molecule has 1 rings (SSSR count). The van der Waals surface area contributed by atoms with Crippen molar-refractivity contribution in [3.05, 3.63) is 39.9 Å². The number of carboxylic acids is 1. The zero-order valence-electron chi connectivity index (χ0n) is 11.0. The van der Waals surface area contributed by atoms with Crippen LogP contribution in [0.2, 0.25) is 0 Å². The summed E-state index contributed by atoms with van der Waals surface area (Å²) in [5.74, 6) is -1.16. The summed E-state index contributed by atoms with van der Waals surface area (Å²) >= 11 is 0. The Morgan fingerprint density at radius 3 is 2.60 bits per heavy atom. The van der Waals surface area contributed by atoms with Gasteiger partial charge in [-0.15, -0.1) is 0 Å². The maximum Gasteiger partial charge on any atom is 0.328 e. The molecule has 2 amide bonds. The first-order valence-corrected chi connectivity index (χ1v) is 5.75. The third-order valence-corrected chi connectivity index (χ3v) is 2.54. The highest BCUT2D eigenvalue weighted by atomic mass is 16.6. The SMILES string of the molecule is CC(C)(NC(=O)NCc1cccc([N+](=O)[O-])c1)C(=O)O. The van der Waals surface area contributed by atoms with Gasteiger partial charge in [-0.2, -0.15) is 0 Å². The number of non-ortho nitro benzene ring substituents is 1. The number of carboxylic acid groups (broad SMARTS) is 1. The average molecular weight is 281 g/mol. The lowest BCUT2D eigenvalue weighted by molar-refractivity contribution is -0.384. The van der Waals surface area contributed by atoms with Gasteiger partial charge in [-0.3, -0.25) is 10.1 Å². The smallest absolute Gasteiger partial charge is 0.328 e. The van der Waals surface area contributed by atoms with E-state index in [0.717, 1.165) is 0 Å². The molecule has 0 fully saturated rings. The van der Waals surface area contributed by atoms with Gasteiger partial charge in [-0.05, 0) is 19.4 Å². The number of hydrogen-bond donors (Lipinski definition) is 3. The van der Waals surface area contributed by atoms with Crippen LogP contribution in [-0.2, 0) is 11.3 Å². The summed E-state index contributed by atoms with van der Waals surface area (Å²) in [4.78, 5) is 32.4. The summed E-state index contributed by atoms with van der Waals surface area (Å²) in [5, 5.41) is 24.2. The quantitative estimate of drug-likeness (QED) is 0.554. The van der Waals surface area contributed by atoms with Gasteiger partial charge in [-0.1, -0.05) is 12.1 Å². The molecule has 1 aromatic carbocycles. The van der Waals surface area contributed by atoms with Gasteiger partial charge in [0.05, 0.1) is 4.92 Å². The number of aliphatic carboxylic acids is 1. The maximum absolute atomic E-state index is 11.5. The molecule has 1 aromatic rings. The van der Waals surface area contributed by atoms with Crippen molar-refractivity contribution < 1.29 is 19.6 Å². The zero-order chi connectivity index (χ0) is 15.3. The minimum Gasteiger partial charge on any atom is -0.480 e. The molecule has 20 heavy (non-hydrogen) atoms. The monoisotopic (exact) mass is 281 g/mol. The standard InChI is InChI=1S/C12H15N3O5/c1-12(2,10(16)17)14-11(18)13-7-8-4-3-5-9(6-8)15(19)20/h3-6H,7H2,1-2H3,(H,16,17)(H2,13,14,18). The lowest BCUT2D eigenvalue weighted by Crippen LogP contribution is -2.52. The van der Waals surface area contributed by atoms with Crippen LogP contribution >= 0.6 is 0 Å². The molecule has 0 spiro atoms. The van der Waals surface area contributed by atoms with E-state index in [-0.39, 0.29) is 12.2 Å². The number of nitrogens with zero attached hydrogens (tertiary/aromatic N) is 1. The van der Waals surface area contributed by atoms with Crippen molar-refractivity contribution in [1.29, 1.82) is 0 Å². The lowest BCUT2D eigenvalue weighted by Gasteiger charge is -2.21. The van der Waals surface area contributed by atoms with E-state index in [2.05, 4.69) is 10.6 Å². The molecule has 108 valence electrons. The molecular weight excluding hydrogens is 266 g/mol. The fourth-order valence-corrected chi connectivity index (χ4v) is 1.34. The first kappa shape index (κ1) is 15.4. The molecule has 0 atom stereocenters. The van der Waals surface area contributed by atoms with Gasteiger partial charge in [0, 0.05) is 18.7 Å². The van der Waals surface area contributed by atoms with Gasteiger partial charge in [0.1, 0.15) is 5.54 Å². The molecule has 0 aliphatic heterocycles. The topological polar surface area (TPSA) is 122 Å². The van der Waals surface area contributed by atoms with Gasteiger partial charge in [0.15, 0.2) is 0 Å². The minimum atomic E-state index is -1.40. The first-order valence-electron chi connectivity index (χ1n) is 5.75. The number of nitrogens with one attached hydrogen (secondary N) is 2. The number of rotatable bonds is 5. The molecule has 0 aromatic heterocycles. The molecule has 0 radical (unpaired) electrons. The van der Waals surface area contributed by atoms with Crippen LogP contribution in [0.1, 0.15) is 19.4 Å². The van der Waals surface area contributed by atoms with Crippen molar-refractivity contribution in [1.82, 2.24) is 10.6 Å². The first-order chi connectivity index (χ1) is 9.22. The summed E-state index contributed by atoms with van der Waals surface area (Å²) in [6.45, 7) is 2.76. The van der Waals surface area contributed by atoms with Gasteiger partial charge in [0.2, 0.25) is 0 Å². The molecule has 8 nitrogen and oxygen atoms in total. The fraction of sp³-hybridized carbons (Fsp3) is 0.333. The van der Waals surface area contributed by atoms with E-state index in [1.807, 2.05) is 0 Å². The molecule has 0 bridgehead atoms. The van der Waals surface area contributed by atoms with Crippen LogP contribution in [0.15, 0.2) is 24.3 Å². The largest absolute Gasteiger partial charge is 0.480 e. The summed E-state index contributed by atoms with van der Waals surface area (Å²) in [6, 6.07) is 5.15. The van der Waals surface area contributed by atoms with Crippen molar-refractivity contribution in [3.8, 4) is 0 Å². The Balaban J connectivity index is 2.59. The third kappa shape index (κ3) is 4.23. The lowest BCUT2D eigenvalue weighted by atomic mass is 10.1. The number of amides is 2. The Morgan fingerprint density at radius 2 is 2.05 bits per heavy atom. The molecule has 3 N–H and O–H groups in total. The molecule has 0 aliphatic rings. The van der Waals surface area contributed by atoms with Gasteiger partial charge >= 0.3 is 12.0 Å². The number of benzene rings is 1. The minimum absolute atomic E-state index is 0.0587. The van der Waals surface area contributed by atoms with Crippen molar-refractivity contribution in [2.45, 2.75) is 25.9 Å². The number of carbonyl (C=O) groups excluding carboxylic acids is 1. The third-order valence-electron chi connectivity index (χ3n) is 2.54. The predicted octanol–water partition coefficient (Wildman–Crippen LogP) is 1.26. The van der Waals surface area contributed by atoms with Crippen LogP contribution in [0.3, 0.4) is 0 Å². The average Bonchev–Trinajstić information content (AvgIpc) is 2.36. The van der Waals surface area contributed by atoms with E-state index in [4.69, 9.17) is 5.11 Å². The number of urea groups is 1. The number of nitro benzene ring substituents is 1. The van der Waals surface area contributed by atoms with Crippen molar-refractivity contribution >= 4 is 17.7 Å². The Kier molecular flexibility index (Phi) is 4.63. The number of hydrogen-bond acceptors (Lipinski definition) is 4. The van der Waals surface area contributed by atoms with Crippen LogP contribution in [0.5, 0.6) is 0 Å². The highest BCUT2D eigenvalue weighted by Gasteiger charge is 2.28. The summed E-state index contributed by atoms with van der Waals surface area (Å²) in [7, 11) is 0. The van der Waals surface area contributed by atoms with Gasteiger partial charge in [-0.25, -0.2) is 9.59 Å². The van der Waals surface area contributed by atoms with Crippen LogP contribution < -0.4 is 10.6 Å². The van der Waals surface area contributed by atoms with Crippen LogP contribution in [0.25, 0.3) is 0 Å². The second-order valence-corrected chi connectivity index (χ2v) is 4.66. The molecule has 0 unspecified atom stereocenters. The van der Waals surface area contributed by atoms with Gasteiger partial charge < -0.3 is 15.7 Å². The zero-order valence-corrected chi connectivity index (χ0v) is 11.0. The Bertz CT molecular complexity index is 542. The Morgan fingerprint density at radius 1 is 1.40 bits per heavy atom. The van der Waals surface area contributed by atoms with Crippen molar-refractivity contribution in [2.75, 3.05) is 0 Å². The fourth-order valence-electron chi connectivity index (χ4n) is 1.34. The van der Waals surface area contributed by atoms with E-state index >= 15 is 0 Å². The van der Waals surface area contributed by atoms with Crippen LogP contribution in [0, 0.1) is 10.1 Å². The summed E-state index contributed by atoms with van der Waals surface area (Å²) in [6.07, 6.45) is 0. The summed E-state index contributed by atoms with van der Waals surface area (Å²) in [5.41, 5.74) is -0.926. The maximum atomic E-state index is 11.5. The van der Waals surface area contributed by atoms with E-state index < -0.39 is 22.5 Å². The Labute approximate surface area is 114 Å². The second kappa shape index (κ2) is 6.00. The highest BCUT2D eigenvalue weighted by Crippen LogP contribution is 2.12. The predicted molar refractivity (Wildman–Crippen MR) is 70.2 cm³/mol. The second-order valence-electron chi connectivity index (χ2n) is 4.66. The molecule has 0 saturated carbocycles. The van der Waals surface area contributed by atoms with E-state index in [1.54, 1.807) is 6.07 Å². The number of carbonyl (C=O) groups is 2. The normalized spacial score (nSPS) is 10.7. The molecule has 0 aliphatic carbocycles. The van der Waals surface area contributed by atoms with E-state index in [0.29, 0.717) is 5.56 Å². The van der Waals surface area contributed by atoms with E-state index in [9.17, 15) is 19.7 Å². The van der Waals surface area contributed by atoms with Crippen LogP contribution in [-0.4, -0.2) is 27.6 Å². The molecule has 0 heterocycles. The van der Waals surface area contributed by atoms with Crippen molar-refractivity contribution in [2.24, 2.45) is 0 Å². The highest BCUT2D eigenvalue weighted by molar-refractivity contribution is 5.85. The van der Waals surface area contributed by atoms with Crippen molar-refractivity contribution in [3.63, 3.8) is 0 Å². The molecule has 8 heteroatoms.